The summed E-state index contributed by atoms with van der Waals surface area (Å²) in [7, 11) is 0. The van der Waals surface area contributed by atoms with Crippen molar-refractivity contribution < 1.29 is 0 Å². The third-order valence-corrected chi connectivity index (χ3v) is 11.8. The molecule has 0 atom stereocenters. The monoisotopic (exact) mass is 725 g/mol. The van der Waals surface area contributed by atoms with Crippen LogP contribution in [-0.4, -0.2) is 13.7 Å². The van der Waals surface area contributed by atoms with Crippen molar-refractivity contribution in [1.82, 2.24) is 13.7 Å². The molecule has 3 aromatic heterocycles. The second-order valence-electron chi connectivity index (χ2n) is 15.0. The maximum absolute atomic E-state index is 2.45. The summed E-state index contributed by atoms with van der Waals surface area (Å²) in [6.07, 6.45) is 0. The van der Waals surface area contributed by atoms with Crippen LogP contribution in [0.2, 0.25) is 0 Å². The minimum atomic E-state index is 1.14. The van der Waals surface area contributed by atoms with E-state index in [0.717, 1.165) is 17.1 Å². The first kappa shape index (κ1) is 31.7. The van der Waals surface area contributed by atoms with Crippen LogP contribution in [0.25, 0.3) is 105 Å². The van der Waals surface area contributed by atoms with Crippen LogP contribution in [0.3, 0.4) is 0 Å². The summed E-state index contributed by atoms with van der Waals surface area (Å²) in [5.74, 6) is 0. The van der Waals surface area contributed by atoms with Crippen LogP contribution in [0.4, 0.5) is 0 Å². The molecule has 0 radical (unpaired) electrons. The van der Waals surface area contributed by atoms with Gasteiger partial charge in [-0.2, -0.15) is 0 Å². The van der Waals surface area contributed by atoms with Gasteiger partial charge in [0.15, 0.2) is 0 Å². The minimum absolute atomic E-state index is 1.14. The maximum Gasteiger partial charge on any atom is 0.0562 e. The van der Waals surface area contributed by atoms with E-state index in [2.05, 4.69) is 226 Å². The Morgan fingerprint density at radius 1 is 0.193 bits per heavy atom. The molecular formula is C54H35N3. The van der Waals surface area contributed by atoms with Crippen LogP contribution in [0.15, 0.2) is 212 Å². The standard InChI is InChI=1S/C54H35N3/c1-3-15-36(16-4-1)37-17-13-21-41(31-37)56-50-27-11-7-23-43(50)46-33-39(29-30-52(46)56)38-18-14-22-42(32-38)57-51-28-12-9-25-45(51)48-34-47-44-24-8-10-26-49(44)55(53(47)35-54(48)57)40-19-5-2-6-20-40/h1-35H. The van der Waals surface area contributed by atoms with E-state index in [1.807, 2.05) is 0 Å². The Bertz CT molecular complexity index is 3510. The van der Waals surface area contributed by atoms with Crippen LogP contribution in [0.1, 0.15) is 0 Å². The molecular weight excluding hydrogens is 691 g/mol. The fourth-order valence-electron chi connectivity index (χ4n) is 9.27. The van der Waals surface area contributed by atoms with Gasteiger partial charge in [-0.3, -0.25) is 0 Å². The molecule has 3 heterocycles. The molecule has 0 aliphatic carbocycles. The molecule has 0 saturated carbocycles. The van der Waals surface area contributed by atoms with Crippen molar-refractivity contribution in [2.24, 2.45) is 0 Å². The van der Waals surface area contributed by atoms with Crippen molar-refractivity contribution in [3.8, 4) is 39.3 Å². The second-order valence-corrected chi connectivity index (χ2v) is 15.0. The third kappa shape index (κ3) is 4.86. The van der Waals surface area contributed by atoms with Gasteiger partial charge in [-0.05, 0) is 101 Å². The van der Waals surface area contributed by atoms with Crippen LogP contribution < -0.4 is 0 Å². The Balaban J connectivity index is 1.04. The van der Waals surface area contributed by atoms with Crippen molar-refractivity contribution in [3.63, 3.8) is 0 Å². The molecule has 57 heavy (non-hydrogen) atoms. The average Bonchev–Trinajstić information content (AvgIpc) is 3.91. The molecule has 9 aromatic carbocycles. The Morgan fingerprint density at radius 2 is 0.579 bits per heavy atom. The molecule has 0 amide bonds. The number of para-hydroxylation sites is 4. The highest BCUT2D eigenvalue weighted by Crippen LogP contribution is 2.41. The summed E-state index contributed by atoms with van der Waals surface area (Å²) in [4.78, 5) is 0. The average molecular weight is 726 g/mol. The fraction of sp³-hybridized carbons (Fsp3) is 0. The van der Waals surface area contributed by atoms with E-state index in [1.54, 1.807) is 0 Å². The molecule has 266 valence electrons. The molecule has 0 aliphatic heterocycles. The van der Waals surface area contributed by atoms with Crippen LogP contribution >= 0.6 is 0 Å². The molecule has 0 unspecified atom stereocenters. The summed E-state index contributed by atoms with van der Waals surface area (Å²) >= 11 is 0. The predicted molar refractivity (Wildman–Crippen MR) is 240 cm³/mol. The highest BCUT2D eigenvalue weighted by molar-refractivity contribution is 6.19. The smallest absolute Gasteiger partial charge is 0.0562 e. The van der Waals surface area contributed by atoms with Crippen LogP contribution in [0.5, 0.6) is 0 Å². The van der Waals surface area contributed by atoms with Crippen molar-refractivity contribution in [2.45, 2.75) is 0 Å². The number of nitrogens with zero attached hydrogens (tertiary/aromatic N) is 3. The third-order valence-electron chi connectivity index (χ3n) is 11.8. The zero-order chi connectivity index (χ0) is 37.5. The van der Waals surface area contributed by atoms with Gasteiger partial charge in [-0.1, -0.05) is 133 Å². The van der Waals surface area contributed by atoms with Crippen molar-refractivity contribution >= 4 is 65.4 Å². The minimum Gasteiger partial charge on any atom is -0.309 e. The summed E-state index contributed by atoms with van der Waals surface area (Å²) in [6, 6.07) is 77.4. The second kappa shape index (κ2) is 12.5. The molecule has 3 nitrogen and oxygen atoms in total. The Hall–Kier alpha value is -7.62. The number of benzene rings is 9. The fourth-order valence-corrected chi connectivity index (χ4v) is 9.27. The van der Waals surface area contributed by atoms with E-state index in [9.17, 15) is 0 Å². The van der Waals surface area contributed by atoms with E-state index in [0.29, 0.717) is 0 Å². The van der Waals surface area contributed by atoms with E-state index in [4.69, 9.17) is 0 Å². The first-order valence-electron chi connectivity index (χ1n) is 19.6. The quantitative estimate of drug-likeness (QED) is 0.168. The van der Waals surface area contributed by atoms with Gasteiger partial charge in [-0.25, -0.2) is 0 Å². The summed E-state index contributed by atoms with van der Waals surface area (Å²) in [5, 5.41) is 7.52. The number of hydrogen-bond acceptors (Lipinski definition) is 0. The molecule has 0 bridgehead atoms. The lowest BCUT2D eigenvalue weighted by Crippen LogP contribution is -1.96. The molecule has 0 spiro atoms. The van der Waals surface area contributed by atoms with Gasteiger partial charge >= 0.3 is 0 Å². The van der Waals surface area contributed by atoms with Gasteiger partial charge in [0.05, 0.1) is 33.1 Å². The highest BCUT2D eigenvalue weighted by atomic mass is 15.0. The van der Waals surface area contributed by atoms with Gasteiger partial charge in [0.25, 0.3) is 0 Å². The van der Waals surface area contributed by atoms with Crippen LogP contribution in [0, 0.1) is 0 Å². The van der Waals surface area contributed by atoms with Gasteiger partial charge in [-0.15, -0.1) is 0 Å². The van der Waals surface area contributed by atoms with E-state index >= 15 is 0 Å². The zero-order valence-corrected chi connectivity index (χ0v) is 31.0. The SMILES string of the molecule is c1ccc(-c2cccc(-n3c4ccccc4c4cc(-c5cccc(-n6c7ccccc7c7cc8c9ccccc9n(-c9ccccc9)c8cc76)c5)ccc43)c2)cc1. The molecule has 3 heteroatoms. The lowest BCUT2D eigenvalue weighted by Gasteiger charge is -2.12. The maximum atomic E-state index is 2.45. The molecule has 12 rings (SSSR count). The first-order valence-corrected chi connectivity index (χ1v) is 19.6. The number of rotatable bonds is 5. The highest BCUT2D eigenvalue weighted by Gasteiger charge is 2.19. The lowest BCUT2D eigenvalue weighted by atomic mass is 10.0. The van der Waals surface area contributed by atoms with E-state index in [-0.39, 0.29) is 0 Å². The summed E-state index contributed by atoms with van der Waals surface area (Å²) in [6.45, 7) is 0. The number of aromatic nitrogens is 3. The largest absolute Gasteiger partial charge is 0.309 e. The Labute approximate surface area is 329 Å². The molecule has 12 aromatic rings. The van der Waals surface area contributed by atoms with Gasteiger partial charge in [0, 0.05) is 49.4 Å². The van der Waals surface area contributed by atoms with Crippen molar-refractivity contribution in [1.29, 1.82) is 0 Å². The Kier molecular flexibility index (Phi) is 6.93. The molecule has 0 aliphatic rings. The number of fused-ring (bicyclic) bond motifs is 9. The van der Waals surface area contributed by atoms with E-state index < -0.39 is 0 Å². The van der Waals surface area contributed by atoms with E-state index in [1.165, 1.54) is 87.7 Å². The lowest BCUT2D eigenvalue weighted by molar-refractivity contribution is 1.16. The number of hydrogen-bond donors (Lipinski definition) is 0. The molecule has 0 N–H and O–H groups in total. The summed E-state index contributed by atoms with van der Waals surface area (Å²) in [5.41, 5.74) is 15.5. The molecule has 0 fully saturated rings. The van der Waals surface area contributed by atoms with Gasteiger partial charge in [0.1, 0.15) is 0 Å². The van der Waals surface area contributed by atoms with Crippen LogP contribution in [-0.2, 0) is 0 Å². The topological polar surface area (TPSA) is 14.8 Å². The molecule has 0 saturated heterocycles. The van der Waals surface area contributed by atoms with Gasteiger partial charge in [0.2, 0.25) is 0 Å². The predicted octanol–water partition coefficient (Wildman–Crippen LogP) is 14.3. The van der Waals surface area contributed by atoms with Crippen molar-refractivity contribution in [3.05, 3.63) is 212 Å². The normalized spacial score (nSPS) is 11.9. The Morgan fingerprint density at radius 3 is 1.16 bits per heavy atom. The van der Waals surface area contributed by atoms with Crippen molar-refractivity contribution in [2.75, 3.05) is 0 Å². The first-order chi connectivity index (χ1) is 28.3. The summed E-state index contributed by atoms with van der Waals surface area (Å²) < 4.78 is 7.27. The van der Waals surface area contributed by atoms with Gasteiger partial charge < -0.3 is 13.7 Å². The zero-order valence-electron chi connectivity index (χ0n) is 31.0.